The summed E-state index contributed by atoms with van der Waals surface area (Å²) in [6.07, 6.45) is -2.76. The largest absolute Gasteiger partial charge is 0.480 e. The van der Waals surface area contributed by atoms with Crippen molar-refractivity contribution in [1.29, 1.82) is 0 Å². The summed E-state index contributed by atoms with van der Waals surface area (Å²) in [5.41, 5.74) is -0.392. The SMILES string of the molecule is CCCCOCC(=O)N(CC(=O)O)Cc1ccc(C(F)(F)F)cc1. The average molecular weight is 347 g/mol. The van der Waals surface area contributed by atoms with Crippen LogP contribution in [0.4, 0.5) is 13.2 Å². The van der Waals surface area contributed by atoms with Gasteiger partial charge >= 0.3 is 12.1 Å². The van der Waals surface area contributed by atoms with E-state index in [2.05, 4.69) is 0 Å². The van der Waals surface area contributed by atoms with Crippen LogP contribution in [-0.2, 0) is 27.0 Å². The van der Waals surface area contributed by atoms with E-state index < -0.39 is 30.2 Å². The summed E-state index contributed by atoms with van der Waals surface area (Å²) >= 11 is 0. The first kappa shape index (κ1) is 20.0. The van der Waals surface area contributed by atoms with E-state index in [1.807, 2.05) is 6.92 Å². The second-order valence-corrected chi connectivity index (χ2v) is 5.24. The van der Waals surface area contributed by atoms with Gasteiger partial charge in [-0.3, -0.25) is 9.59 Å². The Hall–Kier alpha value is -2.09. The molecule has 1 rings (SSSR count). The Morgan fingerprint density at radius 2 is 1.83 bits per heavy atom. The molecule has 0 aliphatic carbocycles. The van der Waals surface area contributed by atoms with Crippen LogP contribution in [0.25, 0.3) is 0 Å². The van der Waals surface area contributed by atoms with Crippen LogP contribution >= 0.6 is 0 Å². The summed E-state index contributed by atoms with van der Waals surface area (Å²) in [6.45, 7) is 1.46. The van der Waals surface area contributed by atoms with Gasteiger partial charge in [0.2, 0.25) is 5.91 Å². The van der Waals surface area contributed by atoms with Gasteiger partial charge in [0.15, 0.2) is 0 Å². The molecule has 1 aromatic rings. The van der Waals surface area contributed by atoms with Gasteiger partial charge in [0.1, 0.15) is 13.2 Å². The average Bonchev–Trinajstić information content (AvgIpc) is 2.50. The Bertz CT molecular complexity index is 543. The zero-order valence-corrected chi connectivity index (χ0v) is 13.3. The van der Waals surface area contributed by atoms with Crippen molar-refractivity contribution in [2.75, 3.05) is 19.8 Å². The lowest BCUT2D eigenvalue weighted by atomic mass is 10.1. The van der Waals surface area contributed by atoms with Gasteiger partial charge in [0, 0.05) is 13.2 Å². The van der Waals surface area contributed by atoms with Crippen molar-refractivity contribution in [2.45, 2.75) is 32.5 Å². The number of aliphatic carboxylic acids is 1. The maximum absolute atomic E-state index is 12.5. The molecule has 0 atom stereocenters. The molecular weight excluding hydrogens is 327 g/mol. The van der Waals surface area contributed by atoms with Crippen molar-refractivity contribution in [3.8, 4) is 0 Å². The van der Waals surface area contributed by atoms with Gasteiger partial charge in [-0.2, -0.15) is 13.2 Å². The molecule has 1 amide bonds. The Kier molecular flexibility index (Phi) is 7.70. The van der Waals surface area contributed by atoms with E-state index in [4.69, 9.17) is 9.84 Å². The monoisotopic (exact) mass is 347 g/mol. The zero-order chi connectivity index (χ0) is 18.2. The Morgan fingerprint density at radius 1 is 1.21 bits per heavy atom. The van der Waals surface area contributed by atoms with Crippen LogP contribution in [0.15, 0.2) is 24.3 Å². The molecule has 0 saturated carbocycles. The molecule has 134 valence electrons. The highest BCUT2D eigenvalue weighted by atomic mass is 19.4. The van der Waals surface area contributed by atoms with Crippen molar-refractivity contribution < 1.29 is 32.6 Å². The number of hydrogen-bond donors (Lipinski definition) is 1. The van der Waals surface area contributed by atoms with E-state index >= 15 is 0 Å². The molecule has 24 heavy (non-hydrogen) atoms. The topological polar surface area (TPSA) is 66.8 Å². The maximum atomic E-state index is 12.5. The molecule has 0 aromatic heterocycles. The van der Waals surface area contributed by atoms with Gasteiger partial charge in [-0.25, -0.2) is 0 Å². The first-order valence-electron chi connectivity index (χ1n) is 7.47. The third-order valence-corrected chi connectivity index (χ3v) is 3.20. The molecule has 0 aliphatic rings. The fourth-order valence-electron chi connectivity index (χ4n) is 1.91. The smallest absolute Gasteiger partial charge is 0.416 e. The minimum absolute atomic E-state index is 0.0968. The van der Waals surface area contributed by atoms with Crippen LogP contribution < -0.4 is 0 Å². The van der Waals surface area contributed by atoms with Crippen molar-refractivity contribution >= 4 is 11.9 Å². The predicted molar refractivity (Wildman–Crippen MR) is 80.2 cm³/mol. The lowest BCUT2D eigenvalue weighted by molar-refractivity contribution is -0.147. The van der Waals surface area contributed by atoms with Crippen LogP contribution in [0.3, 0.4) is 0 Å². The van der Waals surface area contributed by atoms with Crippen molar-refractivity contribution in [3.63, 3.8) is 0 Å². The molecule has 0 fully saturated rings. The number of carboxylic acid groups (broad SMARTS) is 1. The van der Waals surface area contributed by atoms with E-state index in [9.17, 15) is 22.8 Å². The van der Waals surface area contributed by atoms with Crippen molar-refractivity contribution in [1.82, 2.24) is 4.90 Å². The highest BCUT2D eigenvalue weighted by Crippen LogP contribution is 2.29. The number of benzene rings is 1. The molecule has 0 radical (unpaired) electrons. The molecule has 0 spiro atoms. The van der Waals surface area contributed by atoms with Crippen molar-refractivity contribution in [3.05, 3.63) is 35.4 Å². The van der Waals surface area contributed by atoms with Gasteiger partial charge in [-0.1, -0.05) is 25.5 Å². The standard InChI is InChI=1S/C16H20F3NO4/c1-2-3-8-24-11-14(21)20(10-15(22)23)9-12-4-6-13(7-5-12)16(17,18)19/h4-7H,2-3,8-11H2,1H3,(H,22,23). The van der Waals surface area contributed by atoms with Crippen LogP contribution in [-0.4, -0.2) is 41.6 Å². The van der Waals surface area contributed by atoms with Gasteiger partial charge in [0.25, 0.3) is 0 Å². The number of unbranched alkanes of at least 4 members (excludes halogenated alkanes) is 1. The number of rotatable bonds is 9. The second-order valence-electron chi connectivity index (χ2n) is 5.24. The molecule has 5 nitrogen and oxygen atoms in total. The fraction of sp³-hybridized carbons (Fsp3) is 0.500. The normalized spacial score (nSPS) is 11.3. The summed E-state index contributed by atoms with van der Waals surface area (Å²) < 4.78 is 42.7. The lowest BCUT2D eigenvalue weighted by Crippen LogP contribution is -2.37. The first-order valence-corrected chi connectivity index (χ1v) is 7.47. The maximum Gasteiger partial charge on any atom is 0.416 e. The quantitative estimate of drug-likeness (QED) is 0.698. The van der Waals surface area contributed by atoms with Gasteiger partial charge in [-0.05, 0) is 24.1 Å². The number of halogens is 3. The third-order valence-electron chi connectivity index (χ3n) is 3.20. The molecule has 1 aromatic carbocycles. The number of carbonyl (C=O) groups is 2. The van der Waals surface area contributed by atoms with E-state index in [0.29, 0.717) is 12.2 Å². The number of hydrogen-bond acceptors (Lipinski definition) is 3. The Labute approximate surface area is 138 Å². The Morgan fingerprint density at radius 3 is 2.33 bits per heavy atom. The number of nitrogens with zero attached hydrogens (tertiary/aromatic N) is 1. The van der Waals surface area contributed by atoms with E-state index in [1.165, 1.54) is 12.1 Å². The van der Waals surface area contributed by atoms with Crippen LogP contribution in [0.5, 0.6) is 0 Å². The van der Waals surface area contributed by atoms with Crippen LogP contribution in [0.2, 0.25) is 0 Å². The zero-order valence-electron chi connectivity index (χ0n) is 13.3. The molecule has 0 aliphatic heterocycles. The first-order chi connectivity index (χ1) is 11.2. The molecular formula is C16H20F3NO4. The minimum Gasteiger partial charge on any atom is -0.480 e. The molecule has 8 heteroatoms. The molecule has 0 heterocycles. The summed E-state index contributed by atoms with van der Waals surface area (Å²) in [7, 11) is 0. The van der Waals surface area contributed by atoms with Crippen LogP contribution in [0, 0.1) is 0 Å². The lowest BCUT2D eigenvalue weighted by Gasteiger charge is -2.21. The van der Waals surface area contributed by atoms with E-state index in [0.717, 1.165) is 29.9 Å². The van der Waals surface area contributed by atoms with E-state index in [-0.39, 0.29) is 13.2 Å². The fourth-order valence-corrected chi connectivity index (χ4v) is 1.91. The predicted octanol–water partition coefficient (Wildman–Crippen LogP) is 2.94. The summed E-state index contributed by atoms with van der Waals surface area (Å²) in [6, 6.07) is 4.25. The molecule has 0 unspecified atom stereocenters. The minimum atomic E-state index is -4.44. The number of amides is 1. The number of carbonyl (C=O) groups excluding carboxylic acids is 1. The van der Waals surface area contributed by atoms with Gasteiger partial charge in [-0.15, -0.1) is 0 Å². The molecule has 0 bridgehead atoms. The number of carboxylic acids is 1. The molecule has 0 saturated heterocycles. The van der Waals surface area contributed by atoms with Crippen LogP contribution in [0.1, 0.15) is 30.9 Å². The highest BCUT2D eigenvalue weighted by Gasteiger charge is 2.30. The summed E-state index contributed by atoms with van der Waals surface area (Å²) in [5.74, 6) is -1.72. The number of alkyl halides is 3. The van der Waals surface area contributed by atoms with Gasteiger partial charge < -0.3 is 14.7 Å². The van der Waals surface area contributed by atoms with Gasteiger partial charge in [0.05, 0.1) is 5.56 Å². The molecule has 1 N–H and O–H groups in total. The van der Waals surface area contributed by atoms with Crippen molar-refractivity contribution in [2.24, 2.45) is 0 Å². The third kappa shape index (κ3) is 6.99. The second kappa shape index (κ2) is 9.27. The highest BCUT2D eigenvalue weighted by molar-refractivity contribution is 5.82. The Balaban J connectivity index is 2.71. The number of ether oxygens (including phenoxy) is 1. The summed E-state index contributed by atoms with van der Waals surface area (Å²) in [5, 5.41) is 8.89. The summed E-state index contributed by atoms with van der Waals surface area (Å²) in [4.78, 5) is 24.0. The van der Waals surface area contributed by atoms with E-state index in [1.54, 1.807) is 0 Å².